The summed E-state index contributed by atoms with van der Waals surface area (Å²) in [5.74, 6) is -0.537. The molecule has 1 unspecified atom stereocenters. The zero-order valence-electron chi connectivity index (χ0n) is 17.8. The van der Waals surface area contributed by atoms with E-state index < -0.39 is 5.82 Å². The molecule has 8 nitrogen and oxygen atoms in total. The minimum Gasteiger partial charge on any atom is -0.348 e. The van der Waals surface area contributed by atoms with Gasteiger partial charge in [-0.15, -0.1) is 10.2 Å². The van der Waals surface area contributed by atoms with Crippen LogP contribution in [0.4, 0.5) is 10.1 Å². The molecule has 1 aromatic heterocycles. The number of anilines is 1. The number of benzene rings is 3. The lowest BCUT2D eigenvalue weighted by atomic mass is 10.1. The molecule has 0 aliphatic carbocycles. The van der Waals surface area contributed by atoms with Crippen molar-refractivity contribution in [3.8, 4) is 11.4 Å². The second-order valence-corrected chi connectivity index (χ2v) is 7.38. The highest BCUT2D eigenvalue weighted by Gasteiger charge is 2.13. The van der Waals surface area contributed by atoms with Crippen molar-refractivity contribution in [1.82, 2.24) is 25.5 Å². The second kappa shape index (κ2) is 9.82. The van der Waals surface area contributed by atoms with Crippen molar-refractivity contribution < 1.29 is 14.0 Å². The molecule has 0 aliphatic rings. The van der Waals surface area contributed by atoms with Gasteiger partial charge >= 0.3 is 0 Å². The Bertz CT molecular complexity index is 1240. The van der Waals surface area contributed by atoms with E-state index >= 15 is 0 Å². The minimum atomic E-state index is -0.400. The van der Waals surface area contributed by atoms with Crippen molar-refractivity contribution in [1.29, 1.82) is 0 Å². The van der Waals surface area contributed by atoms with E-state index in [-0.39, 0.29) is 24.4 Å². The Morgan fingerprint density at radius 3 is 2.36 bits per heavy atom. The first-order valence-corrected chi connectivity index (χ1v) is 10.3. The van der Waals surface area contributed by atoms with Crippen LogP contribution in [0.25, 0.3) is 11.4 Å². The lowest BCUT2D eigenvalue weighted by Crippen LogP contribution is -2.30. The van der Waals surface area contributed by atoms with E-state index in [2.05, 4.69) is 26.0 Å². The molecule has 3 aromatic carbocycles. The molecule has 166 valence electrons. The van der Waals surface area contributed by atoms with Crippen molar-refractivity contribution in [2.75, 3.05) is 5.32 Å². The van der Waals surface area contributed by atoms with Crippen molar-refractivity contribution >= 4 is 17.5 Å². The Morgan fingerprint density at radius 2 is 1.67 bits per heavy atom. The topological polar surface area (TPSA) is 102 Å². The Labute approximate surface area is 189 Å². The fourth-order valence-corrected chi connectivity index (χ4v) is 3.17. The van der Waals surface area contributed by atoms with Crippen LogP contribution in [0.3, 0.4) is 0 Å². The molecule has 33 heavy (non-hydrogen) atoms. The molecule has 0 saturated carbocycles. The molecule has 0 radical (unpaired) electrons. The average Bonchev–Trinajstić information content (AvgIpc) is 3.28. The first-order chi connectivity index (χ1) is 16.0. The molecule has 0 fully saturated rings. The van der Waals surface area contributed by atoms with Gasteiger partial charge in [-0.05, 0) is 54.1 Å². The summed E-state index contributed by atoms with van der Waals surface area (Å²) in [5.41, 5.74) is 2.63. The number of hydrogen-bond acceptors (Lipinski definition) is 5. The van der Waals surface area contributed by atoms with Crippen molar-refractivity contribution in [2.45, 2.75) is 19.5 Å². The summed E-state index contributed by atoms with van der Waals surface area (Å²) in [5, 5.41) is 17.8. The van der Waals surface area contributed by atoms with E-state index in [1.54, 1.807) is 12.1 Å². The van der Waals surface area contributed by atoms with Gasteiger partial charge in [-0.3, -0.25) is 9.59 Å². The van der Waals surface area contributed by atoms with Crippen LogP contribution in [0.2, 0.25) is 0 Å². The quantitative estimate of drug-likeness (QED) is 0.453. The highest BCUT2D eigenvalue weighted by Crippen LogP contribution is 2.17. The Kier molecular flexibility index (Phi) is 6.49. The van der Waals surface area contributed by atoms with Gasteiger partial charge in [0.15, 0.2) is 0 Å². The van der Waals surface area contributed by atoms with Crippen LogP contribution >= 0.6 is 0 Å². The Balaban J connectivity index is 1.31. The number of nitrogens with one attached hydrogen (secondary N) is 2. The Hall–Kier alpha value is -4.40. The molecule has 0 saturated heterocycles. The van der Waals surface area contributed by atoms with E-state index in [1.807, 2.05) is 49.4 Å². The minimum absolute atomic E-state index is 0.0595. The summed E-state index contributed by atoms with van der Waals surface area (Å²) in [7, 11) is 0. The van der Waals surface area contributed by atoms with Gasteiger partial charge in [0.1, 0.15) is 12.4 Å². The van der Waals surface area contributed by atoms with Gasteiger partial charge in [0.25, 0.3) is 5.91 Å². The number of halogens is 1. The van der Waals surface area contributed by atoms with Crippen LogP contribution < -0.4 is 10.6 Å². The number of tetrazole rings is 1. The normalized spacial score (nSPS) is 11.6. The molecule has 1 heterocycles. The van der Waals surface area contributed by atoms with E-state index in [1.165, 1.54) is 29.1 Å². The van der Waals surface area contributed by atoms with Crippen LogP contribution in [0.15, 0.2) is 78.9 Å². The summed E-state index contributed by atoms with van der Waals surface area (Å²) in [6.07, 6.45) is 0. The molecule has 0 spiro atoms. The third-order valence-electron chi connectivity index (χ3n) is 4.92. The summed E-state index contributed by atoms with van der Waals surface area (Å²) in [6.45, 7) is 1.80. The molecular formula is C24H21FN6O2. The van der Waals surface area contributed by atoms with Gasteiger partial charge in [0.2, 0.25) is 11.7 Å². The van der Waals surface area contributed by atoms with Crippen LogP contribution in [-0.4, -0.2) is 32.0 Å². The smallest absolute Gasteiger partial charge is 0.255 e. The number of aromatic nitrogens is 4. The summed E-state index contributed by atoms with van der Waals surface area (Å²) >= 11 is 0. The van der Waals surface area contributed by atoms with Gasteiger partial charge in [-0.25, -0.2) is 4.39 Å². The van der Waals surface area contributed by atoms with E-state index in [0.29, 0.717) is 17.1 Å². The fraction of sp³-hybridized carbons (Fsp3) is 0.125. The number of nitrogens with zero attached hydrogens (tertiary/aromatic N) is 4. The van der Waals surface area contributed by atoms with E-state index in [9.17, 15) is 14.0 Å². The molecule has 4 rings (SSSR count). The molecule has 9 heteroatoms. The highest BCUT2D eigenvalue weighted by atomic mass is 19.1. The van der Waals surface area contributed by atoms with Gasteiger partial charge in [0, 0.05) is 16.8 Å². The van der Waals surface area contributed by atoms with E-state index in [4.69, 9.17) is 0 Å². The average molecular weight is 444 g/mol. The van der Waals surface area contributed by atoms with Crippen LogP contribution in [0.1, 0.15) is 28.9 Å². The van der Waals surface area contributed by atoms with E-state index in [0.717, 1.165) is 11.1 Å². The standard InChI is InChI=1S/C24H21FN6O2/c1-16(26-22(32)15-31-29-23(28-30-31)18-5-3-2-4-6-18)17-9-13-21(14-10-17)27-24(33)19-7-11-20(25)12-8-19/h2-14,16H,15H2,1H3,(H,26,32)(H,27,33). The van der Waals surface area contributed by atoms with Crippen molar-refractivity contribution in [3.63, 3.8) is 0 Å². The van der Waals surface area contributed by atoms with Crippen molar-refractivity contribution in [3.05, 3.63) is 95.8 Å². The number of carbonyl (C=O) groups excluding carboxylic acids is 2. The predicted octanol–water partition coefficient (Wildman–Crippen LogP) is 3.61. The second-order valence-electron chi connectivity index (χ2n) is 7.38. The molecular weight excluding hydrogens is 423 g/mol. The first-order valence-electron chi connectivity index (χ1n) is 10.3. The summed E-state index contributed by atoms with van der Waals surface area (Å²) in [6, 6.07) is 21.5. The third kappa shape index (κ3) is 5.65. The largest absolute Gasteiger partial charge is 0.348 e. The fourth-order valence-electron chi connectivity index (χ4n) is 3.17. The molecule has 0 aliphatic heterocycles. The maximum atomic E-state index is 13.0. The Morgan fingerprint density at radius 1 is 0.970 bits per heavy atom. The molecule has 0 bridgehead atoms. The van der Waals surface area contributed by atoms with Gasteiger partial charge in [-0.2, -0.15) is 4.80 Å². The van der Waals surface area contributed by atoms with Gasteiger partial charge in [0.05, 0.1) is 6.04 Å². The third-order valence-corrected chi connectivity index (χ3v) is 4.92. The highest BCUT2D eigenvalue weighted by molar-refractivity contribution is 6.04. The number of rotatable bonds is 7. The van der Waals surface area contributed by atoms with Crippen LogP contribution in [0, 0.1) is 5.82 Å². The van der Waals surface area contributed by atoms with Crippen molar-refractivity contribution in [2.24, 2.45) is 0 Å². The van der Waals surface area contributed by atoms with Gasteiger partial charge < -0.3 is 10.6 Å². The predicted molar refractivity (Wildman–Crippen MR) is 121 cm³/mol. The molecule has 4 aromatic rings. The van der Waals surface area contributed by atoms with Crippen LogP contribution in [0.5, 0.6) is 0 Å². The zero-order chi connectivity index (χ0) is 23.2. The zero-order valence-corrected chi connectivity index (χ0v) is 17.8. The number of carbonyl (C=O) groups is 2. The lowest BCUT2D eigenvalue weighted by Gasteiger charge is -2.15. The van der Waals surface area contributed by atoms with Gasteiger partial charge in [-0.1, -0.05) is 42.5 Å². The van der Waals surface area contributed by atoms with Crippen LogP contribution in [-0.2, 0) is 11.3 Å². The SMILES string of the molecule is CC(NC(=O)Cn1nnc(-c2ccccc2)n1)c1ccc(NC(=O)c2ccc(F)cc2)cc1. The maximum absolute atomic E-state index is 13.0. The molecule has 1 atom stereocenters. The first kappa shape index (κ1) is 21.8. The maximum Gasteiger partial charge on any atom is 0.255 e. The summed E-state index contributed by atoms with van der Waals surface area (Å²) < 4.78 is 13.0. The number of amides is 2. The molecule has 2 amide bonds. The summed E-state index contributed by atoms with van der Waals surface area (Å²) in [4.78, 5) is 25.9. The monoisotopic (exact) mass is 444 g/mol. The molecule has 2 N–H and O–H groups in total. The lowest BCUT2D eigenvalue weighted by molar-refractivity contribution is -0.122. The number of hydrogen-bond donors (Lipinski definition) is 2.